The van der Waals surface area contributed by atoms with Crippen LogP contribution in [0.25, 0.3) is 0 Å². The van der Waals surface area contributed by atoms with Gasteiger partial charge in [0.05, 0.1) is 11.2 Å². The summed E-state index contributed by atoms with van der Waals surface area (Å²) in [6, 6.07) is 0. The Morgan fingerprint density at radius 2 is 2.30 bits per heavy atom. The zero-order valence-corrected chi connectivity index (χ0v) is 12.1. The van der Waals surface area contributed by atoms with E-state index in [2.05, 4.69) is 19.9 Å². The van der Waals surface area contributed by atoms with Crippen LogP contribution in [0.1, 0.15) is 21.1 Å². The van der Waals surface area contributed by atoms with Gasteiger partial charge in [0, 0.05) is 24.0 Å². The molecule has 10 heteroatoms. The van der Waals surface area contributed by atoms with Gasteiger partial charge in [-0.2, -0.15) is 5.10 Å². The molecule has 0 atom stereocenters. The van der Waals surface area contributed by atoms with Crippen molar-refractivity contribution in [1.82, 2.24) is 19.9 Å². The third kappa shape index (κ3) is 3.21. The van der Waals surface area contributed by atoms with Gasteiger partial charge >= 0.3 is 5.97 Å². The van der Waals surface area contributed by atoms with Crippen molar-refractivity contribution in [2.24, 2.45) is 0 Å². The molecule has 2 heterocycles. The van der Waals surface area contributed by atoms with Crippen LogP contribution in [-0.2, 0) is 16.4 Å². The number of nitrogens with one attached hydrogen (secondary N) is 2. The van der Waals surface area contributed by atoms with Gasteiger partial charge in [-0.15, -0.1) is 11.3 Å². The highest BCUT2D eigenvalue weighted by molar-refractivity contribution is 7.89. The molecule has 20 heavy (non-hydrogen) atoms. The van der Waals surface area contributed by atoms with E-state index in [0.29, 0.717) is 6.42 Å². The van der Waals surface area contributed by atoms with E-state index in [9.17, 15) is 13.2 Å². The average molecular weight is 316 g/mol. The van der Waals surface area contributed by atoms with Crippen molar-refractivity contribution in [3.05, 3.63) is 27.8 Å². The average Bonchev–Trinajstić information content (AvgIpc) is 2.97. The van der Waals surface area contributed by atoms with Crippen LogP contribution in [-0.4, -0.2) is 41.2 Å². The summed E-state index contributed by atoms with van der Waals surface area (Å²) < 4.78 is 26.2. The lowest BCUT2D eigenvalue weighted by atomic mass is 10.4. The second kappa shape index (κ2) is 5.69. The highest BCUT2D eigenvalue weighted by Gasteiger charge is 2.24. The Balaban J connectivity index is 2.04. The number of H-pyrrole nitrogens is 1. The molecule has 108 valence electrons. The van der Waals surface area contributed by atoms with Gasteiger partial charge in [0.15, 0.2) is 5.03 Å². The standard InChI is InChI=1S/C10H12N4O4S2/c1-6-5-19-8(13-6)2-3-12-20(17,18)9-7(10(15)16)4-11-14-9/h4-5,12H,2-3H2,1H3,(H,11,14)(H,15,16). The summed E-state index contributed by atoms with van der Waals surface area (Å²) in [5, 5.41) is 16.7. The number of sulfonamides is 1. The van der Waals surface area contributed by atoms with Crippen molar-refractivity contribution in [1.29, 1.82) is 0 Å². The molecule has 0 unspecified atom stereocenters. The number of aryl methyl sites for hydroxylation is 1. The van der Waals surface area contributed by atoms with Gasteiger partial charge in [0.25, 0.3) is 10.0 Å². The Morgan fingerprint density at radius 3 is 2.90 bits per heavy atom. The maximum Gasteiger partial charge on any atom is 0.340 e. The number of carboxylic acids is 1. The minimum absolute atomic E-state index is 0.132. The molecule has 0 amide bonds. The summed E-state index contributed by atoms with van der Waals surface area (Å²) in [6.45, 7) is 1.99. The Kier molecular flexibility index (Phi) is 4.16. The second-order valence-electron chi connectivity index (χ2n) is 3.95. The van der Waals surface area contributed by atoms with Gasteiger partial charge in [-0.05, 0) is 6.92 Å². The van der Waals surface area contributed by atoms with E-state index < -0.39 is 21.0 Å². The molecule has 3 N–H and O–H groups in total. The number of hydrogen-bond acceptors (Lipinski definition) is 6. The van der Waals surface area contributed by atoms with Crippen molar-refractivity contribution >= 4 is 27.3 Å². The minimum atomic E-state index is -3.93. The predicted molar refractivity (Wildman–Crippen MR) is 71.3 cm³/mol. The third-order valence-corrected chi connectivity index (χ3v) is 4.86. The fourth-order valence-electron chi connectivity index (χ4n) is 1.51. The molecular formula is C10H12N4O4S2. The molecule has 0 aliphatic rings. The molecule has 0 bridgehead atoms. The first kappa shape index (κ1) is 14.6. The Bertz CT molecular complexity index is 719. The van der Waals surface area contributed by atoms with Crippen molar-refractivity contribution in [3.8, 4) is 0 Å². The van der Waals surface area contributed by atoms with Crippen LogP contribution >= 0.6 is 11.3 Å². The first-order chi connectivity index (χ1) is 9.40. The molecule has 0 spiro atoms. The van der Waals surface area contributed by atoms with Crippen LogP contribution in [0.5, 0.6) is 0 Å². The molecule has 0 saturated heterocycles. The molecule has 0 radical (unpaired) electrons. The summed E-state index contributed by atoms with van der Waals surface area (Å²) in [4.78, 5) is 15.1. The van der Waals surface area contributed by atoms with Crippen molar-refractivity contribution < 1.29 is 18.3 Å². The van der Waals surface area contributed by atoms with Crippen LogP contribution < -0.4 is 4.72 Å². The van der Waals surface area contributed by atoms with E-state index in [1.54, 1.807) is 0 Å². The molecule has 0 saturated carbocycles. The number of nitrogens with zero attached hydrogens (tertiary/aromatic N) is 2. The van der Waals surface area contributed by atoms with E-state index in [0.717, 1.165) is 16.9 Å². The van der Waals surface area contributed by atoms with Crippen molar-refractivity contribution in [2.75, 3.05) is 6.54 Å². The summed E-state index contributed by atoms with van der Waals surface area (Å²) >= 11 is 1.45. The summed E-state index contributed by atoms with van der Waals surface area (Å²) in [5.41, 5.74) is 0.497. The molecule has 0 aliphatic carbocycles. The molecule has 2 rings (SSSR count). The normalized spacial score (nSPS) is 11.7. The topological polar surface area (TPSA) is 125 Å². The number of rotatable bonds is 6. The fraction of sp³-hybridized carbons (Fsp3) is 0.300. The molecule has 0 aliphatic heterocycles. The van der Waals surface area contributed by atoms with E-state index in [1.165, 1.54) is 11.3 Å². The van der Waals surface area contributed by atoms with Crippen LogP contribution in [0.4, 0.5) is 0 Å². The van der Waals surface area contributed by atoms with Gasteiger partial charge in [0.1, 0.15) is 5.56 Å². The first-order valence-corrected chi connectivity index (χ1v) is 7.94. The number of carboxylic acid groups (broad SMARTS) is 1. The number of carbonyl (C=O) groups is 1. The Labute approximate surface area is 118 Å². The first-order valence-electron chi connectivity index (χ1n) is 5.57. The predicted octanol–water partition coefficient (Wildman–Crippen LogP) is 0.394. The zero-order chi connectivity index (χ0) is 14.8. The highest BCUT2D eigenvalue weighted by Crippen LogP contribution is 2.12. The van der Waals surface area contributed by atoms with E-state index >= 15 is 0 Å². The number of thiazole rings is 1. The smallest absolute Gasteiger partial charge is 0.340 e. The third-order valence-electron chi connectivity index (χ3n) is 2.40. The quantitative estimate of drug-likeness (QED) is 0.708. The Hall–Kier alpha value is -1.78. The minimum Gasteiger partial charge on any atom is -0.478 e. The lowest BCUT2D eigenvalue weighted by molar-refractivity contribution is 0.0692. The SMILES string of the molecule is Cc1csc(CCNS(=O)(=O)c2[nH]ncc2C(=O)O)n1. The zero-order valence-electron chi connectivity index (χ0n) is 10.5. The number of hydrogen-bond donors (Lipinski definition) is 3. The summed E-state index contributed by atoms with van der Waals surface area (Å²) in [5.74, 6) is -1.35. The highest BCUT2D eigenvalue weighted by atomic mass is 32.2. The molecular weight excluding hydrogens is 304 g/mol. The number of aromatic nitrogens is 3. The fourth-order valence-corrected chi connectivity index (χ4v) is 3.41. The number of aromatic carboxylic acids is 1. The lowest BCUT2D eigenvalue weighted by Gasteiger charge is -2.04. The lowest BCUT2D eigenvalue weighted by Crippen LogP contribution is -2.27. The maximum absolute atomic E-state index is 12.0. The van der Waals surface area contributed by atoms with Crippen LogP contribution in [0.15, 0.2) is 16.6 Å². The molecule has 2 aromatic rings. The van der Waals surface area contributed by atoms with Crippen LogP contribution in [0, 0.1) is 6.92 Å². The van der Waals surface area contributed by atoms with Crippen LogP contribution in [0.3, 0.4) is 0 Å². The number of aromatic amines is 1. The molecule has 2 aromatic heterocycles. The summed E-state index contributed by atoms with van der Waals surface area (Å²) in [6.07, 6.45) is 1.40. The second-order valence-corrected chi connectivity index (χ2v) is 6.59. The maximum atomic E-state index is 12.0. The summed E-state index contributed by atoms with van der Waals surface area (Å²) in [7, 11) is -3.93. The van der Waals surface area contributed by atoms with Gasteiger partial charge in [-0.1, -0.05) is 0 Å². The molecule has 8 nitrogen and oxygen atoms in total. The van der Waals surface area contributed by atoms with E-state index in [-0.39, 0.29) is 12.1 Å². The monoisotopic (exact) mass is 316 g/mol. The van der Waals surface area contributed by atoms with Gasteiger partial charge < -0.3 is 5.11 Å². The van der Waals surface area contributed by atoms with Gasteiger partial charge in [-0.25, -0.2) is 22.9 Å². The van der Waals surface area contributed by atoms with Crippen molar-refractivity contribution in [3.63, 3.8) is 0 Å². The van der Waals surface area contributed by atoms with Gasteiger partial charge in [-0.3, -0.25) is 5.10 Å². The molecule has 0 aromatic carbocycles. The largest absolute Gasteiger partial charge is 0.478 e. The molecule has 0 fully saturated rings. The Morgan fingerprint density at radius 1 is 1.55 bits per heavy atom. The van der Waals surface area contributed by atoms with Crippen LogP contribution in [0.2, 0.25) is 0 Å². The van der Waals surface area contributed by atoms with Crippen molar-refractivity contribution in [2.45, 2.75) is 18.4 Å². The van der Waals surface area contributed by atoms with Gasteiger partial charge in [0.2, 0.25) is 0 Å². The van der Waals surface area contributed by atoms with E-state index in [4.69, 9.17) is 5.11 Å². The van der Waals surface area contributed by atoms with E-state index in [1.807, 2.05) is 12.3 Å².